The molecule has 0 saturated carbocycles. The molecule has 0 aliphatic heterocycles. The number of halogens is 1. The van der Waals surface area contributed by atoms with Crippen LogP contribution in [-0.2, 0) is 0 Å². The van der Waals surface area contributed by atoms with E-state index in [4.69, 9.17) is 0 Å². The number of benzene rings is 2. The minimum atomic E-state index is -0.164. The van der Waals surface area contributed by atoms with Crippen LogP contribution < -0.4 is 8.92 Å². The summed E-state index contributed by atoms with van der Waals surface area (Å²) in [5.74, 6) is -0.164. The fraction of sp³-hybridized carbons (Fsp3) is 0. The van der Waals surface area contributed by atoms with Crippen molar-refractivity contribution in [2.24, 2.45) is 0 Å². The van der Waals surface area contributed by atoms with Gasteiger partial charge in [0, 0.05) is 0 Å². The van der Waals surface area contributed by atoms with E-state index in [-0.39, 0.29) is 20.8 Å². The van der Waals surface area contributed by atoms with E-state index >= 15 is 0 Å². The van der Waals surface area contributed by atoms with Crippen LogP contribution >= 0.6 is 0 Å². The Morgan fingerprint density at radius 2 is 1.58 bits per heavy atom. The van der Waals surface area contributed by atoms with E-state index in [1.54, 1.807) is 12.1 Å². The molecule has 19 heavy (non-hydrogen) atoms. The van der Waals surface area contributed by atoms with Crippen molar-refractivity contribution < 1.29 is 4.39 Å². The Hall–Kier alpha value is -1.11. The first-order chi connectivity index (χ1) is 9.33. The van der Waals surface area contributed by atoms with E-state index < -0.39 is 0 Å². The summed E-state index contributed by atoms with van der Waals surface area (Å²) in [4.78, 5) is 2.27. The van der Waals surface area contributed by atoms with Crippen molar-refractivity contribution in [3.8, 4) is 10.0 Å². The van der Waals surface area contributed by atoms with Crippen molar-refractivity contribution in [2.75, 3.05) is 0 Å². The van der Waals surface area contributed by atoms with Crippen LogP contribution in [0, 0.1) is 5.82 Å². The normalized spacial score (nSPS) is 10.6. The molecule has 1 aromatic heterocycles. The fourth-order valence-corrected chi connectivity index (χ4v) is 6.73. The molecule has 0 fully saturated rings. The van der Waals surface area contributed by atoms with Gasteiger partial charge in [0.15, 0.2) is 0 Å². The second-order valence-corrected chi connectivity index (χ2v) is 8.30. The first-order valence-electron chi connectivity index (χ1n) is 5.89. The van der Waals surface area contributed by atoms with Crippen molar-refractivity contribution in [3.05, 3.63) is 71.4 Å². The Bertz CT molecular complexity index is 657. The summed E-state index contributed by atoms with van der Waals surface area (Å²) in [6, 6.07) is 19.7. The van der Waals surface area contributed by atoms with Gasteiger partial charge >= 0.3 is 124 Å². The second-order valence-electron chi connectivity index (χ2n) is 4.04. The van der Waals surface area contributed by atoms with Crippen LogP contribution in [0.1, 0.15) is 0 Å². The molecule has 0 radical (unpaired) electrons. The molecule has 0 N–H and O–H groups in total. The predicted molar refractivity (Wildman–Crippen MR) is 80.2 cm³/mol. The summed E-state index contributed by atoms with van der Waals surface area (Å²) in [5.41, 5.74) is 1.33. The molecule has 0 aliphatic carbocycles. The van der Waals surface area contributed by atoms with Gasteiger partial charge in [0.25, 0.3) is 0 Å². The first kappa shape index (κ1) is 12.9. The van der Waals surface area contributed by atoms with Crippen LogP contribution in [0.25, 0.3) is 10.0 Å². The van der Waals surface area contributed by atoms with E-state index in [1.165, 1.54) is 18.9 Å². The molecule has 0 atom stereocenters. The molecule has 2 aromatic carbocycles. The maximum atomic E-state index is 12.9. The molecule has 94 valence electrons. The molecule has 0 bridgehead atoms. The van der Waals surface area contributed by atoms with Gasteiger partial charge in [0.2, 0.25) is 0 Å². The van der Waals surface area contributed by atoms with Gasteiger partial charge < -0.3 is 0 Å². The SMILES string of the molecule is Fc1ccc([Se]c2cc[se]c2-c2ccccc2)cc1. The summed E-state index contributed by atoms with van der Waals surface area (Å²) < 4.78 is 17.0. The summed E-state index contributed by atoms with van der Waals surface area (Å²) >= 11 is 0.687. The molecule has 0 spiro atoms. The predicted octanol–water partition coefficient (Wildman–Crippen LogP) is 2.20. The quantitative estimate of drug-likeness (QED) is 0.612. The zero-order chi connectivity index (χ0) is 13.1. The third kappa shape index (κ3) is 3.08. The monoisotopic (exact) mass is 382 g/mol. The van der Waals surface area contributed by atoms with Gasteiger partial charge in [-0.05, 0) is 0 Å². The van der Waals surface area contributed by atoms with Gasteiger partial charge in [0.1, 0.15) is 0 Å². The van der Waals surface area contributed by atoms with Gasteiger partial charge in [-0.2, -0.15) is 0 Å². The molecule has 0 aliphatic rings. The van der Waals surface area contributed by atoms with E-state index in [2.05, 4.69) is 35.3 Å². The first-order valence-corrected chi connectivity index (χ1v) is 9.45. The van der Waals surface area contributed by atoms with Gasteiger partial charge in [-0.15, -0.1) is 0 Å². The molecule has 0 unspecified atom stereocenters. The summed E-state index contributed by atoms with van der Waals surface area (Å²) in [6.45, 7) is 0. The Morgan fingerprint density at radius 3 is 2.32 bits per heavy atom. The zero-order valence-corrected chi connectivity index (χ0v) is 13.5. The number of hydrogen-bond acceptors (Lipinski definition) is 0. The van der Waals surface area contributed by atoms with Crippen LogP contribution in [0.15, 0.2) is 65.6 Å². The van der Waals surface area contributed by atoms with Crippen LogP contribution in [-0.4, -0.2) is 29.5 Å². The third-order valence-electron chi connectivity index (χ3n) is 2.71. The van der Waals surface area contributed by atoms with E-state index in [0.717, 1.165) is 0 Å². The molecule has 3 aromatic rings. The summed E-state index contributed by atoms with van der Waals surface area (Å²) in [6.07, 6.45) is 0. The maximum absolute atomic E-state index is 12.9. The standard InChI is InChI=1S/C16H11FSe2/c17-13-6-8-14(9-7-13)19-15-10-11-18-16(15)12-4-2-1-3-5-12/h1-11H. The van der Waals surface area contributed by atoms with Crippen LogP contribution in [0.4, 0.5) is 4.39 Å². The average Bonchev–Trinajstić information content (AvgIpc) is 2.90. The van der Waals surface area contributed by atoms with Crippen molar-refractivity contribution >= 4 is 38.4 Å². The van der Waals surface area contributed by atoms with Crippen molar-refractivity contribution in [1.29, 1.82) is 0 Å². The van der Waals surface area contributed by atoms with Crippen LogP contribution in [0.2, 0.25) is 0 Å². The molecular weight excluding hydrogens is 369 g/mol. The van der Waals surface area contributed by atoms with E-state index in [1.807, 2.05) is 18.2 Å². The topological polar surface area (TPSA) is 0 Å². The third-order valence-corrected chi connectivity index (χ3v) is 7.62. The van der Waals surface area contributed by atoms with Crippen molar-refractivity contribution in [1.82, 2.24) is 0 Å². The molecule has 0 nitrogen and oxygen atoms in total. The van der Waals surface area contributed by atoms with Gasteiger partial charge in [-0.3, -0.25) is 0 Å². The van der Waals surface area contributed by atoms with Crippen molar-refractivity contribution in [3.63, 3.8) is 0 Å². The molecule has 1 heterocycles. The average molecular weight is 380 g/mol. The Kier molecular flexibility index (Phi) is 4.00. The van der Waals surface area contributed by atoms with Crippen molar-refractivity contribution in [2.45, 2.75) is 0 Å². The summed E-state index contributed by atoms with van der Waals surface area (Å²) in [7, 11) is 0. The number of rotatable bonds is 3. The Labute approximate surface area is 124 Å². The second kappa shape index (κ2) is 5.90. The summed E-state index contributed by atoms with van der Waals surface area (Å²) in [5, 5.41) is 0. The fourth-order valence-electron chi connectivity index (χ4n) is 1.81. The number of hydrogen-bond donors (Lipinski definition) is 0. The van der Waals surface area contributed by atoms with E-state index in [9.17, 15) is 4.39 Å². The van der Waals surface area contributed by atoms with Crippen LogP contribution in [0.5, 0.6) is 0 Å². The van der Waals surface area contributed by atoms with Crippen LogP contribution in [0.3, 0.4) is 0 Å². The molecular formula is C16H11FSe2. The van der Waals surface area contributed by atoms with E-state index in [0.29, 0.717) is 14.5 Å². The Balaban J connectivity index is 1.91. The molecule has 0 saturated heterocycles. The van der Waals surface area contributed by atoms with Gasteiger partial charge in [0.05, 0.1) is 0 Å². The molecule has 3 heteroatoms. The molecule has 3 rings (SSSR count). The zero-order valence-electron chi connectivity index (χ0n) is 10.0. The Morgan fingerprint density at radius 1 is 0.842 bits per heavy atom. The van der Waals surface area contributed by atoms with Gasteiger partial charge in [-0.1, -0.05) is 0 Å². The minimum absolute atomic E-state index is 0.164. The molecule has 0 amide bonds. The van der Waals surface area contributed by atoms with Gasteiger partial charge in [-0.25, -0.2) is 0 Å².